The number of likely N-dealkylation sites (N-methyl/N-ethyl adjacent to an activating group) is 1. The molecule has 8 heteroatoms. The van der Waals surface area contributed by atoms with Crippen LogP contribution in [0.1, 0.15) is 27.2 Å². The van der Waals surface area contributed by atoms with Crippen molar-refractivity contribution in [2.24, 2.45) is 11.7 Å². The molecule has 1 aromatic rings. The van der Waals surface area contributed by atoms with Crippen molar-refractivity contribution in [2.45, 2.75) is 37.6 Å². The number of nitrogens with one attached hydrogen (secondary N) is 1. The summed E-state index contributed by atoms with van der Waals surface area (Å²) in [6, 6.07) is 5.82. The molecule has 1 amide bonds. The standard InChI is InChI=1S/C16H26ClN3O3S/c1-12(2)9-16(3,11-18)19-15(21)10-20(4)24(22,23)14-7-5-13(17)6-8-14/h5-8,12H,9-11,18H2,1-4H3,(H,19,21). The highest BCUT2D eigenvalue weighted by Crippen LogP contribution is 2.18. The molecule has 0 aromatic heterocycles. The van der Waals surface area contributed by atoms with Gasteiger partial charge in [-0.1, -0.05) is 25.4 Å². The Labute approximate surface area is 149 Å². The molecule has 0 aliphatic heterocycles. The molecule has 3 N–H and O–H groups in total. The van der Waals surface area contributed by atoms with Gasteiger partial charge in [-0.15, -0.1) is 0 Å². The number of benzene rings is 1. The number of carbonyl (C=O) groups is 1. The van der Waals surface area contributed by atoms with E-state index in [0.717, 1.165) is 4.31 Å². The van der Waals surface area contributed by atoms with Crippen LogP contribution in [0, 0.1) is 5.92 Å². The Morgan fingerprint density at radius 3 is 2.33 bits per heavy atom. The van der Waals surface area contributed by atoms with Crippen LogP contribution >= 0.6 is 11.6 Å². The maximum absolute atomic E-state index is 12.5. The molecule has 1 atom stereocenters. The molecule has 24 heavy (non-hydrogen) atoms. The first-order chi connectivity index (χ1) is 11.0. The Morgan fingerprint density at radius 1 is 1.33 bits per heavy atom. The van der Waals surface area contributed by atoms with Crippen molar-refractivity contribution in [1.82, 2.24) is 9.62 Å². The van der Waals surface area contributed by atoms with Crippen molar-refractivity contribution in [2.75, 3.05) is 20.1 Å². The van der Waals surface area contributed by atoms with Crippen molar-refractivity contribution < 1.29 is 13.2 Å². The summed E-state index contributed by atoms with van der Waals surface area (Å²) < 4.78 is 26.0. The van der Waals surface area contributed by atoms with E-state index in [2.05, 4.69) is 5.32 Å². The number of nitrogens with two attached hydrogens (primary N) is 1. The van der Waals surface area contributed by atoms with Crippen LogP contribution < -0.4 is 11.1 Å². The third-order valence-corrected chi connectivity index (χ3v) is 5.71. The fourth-order valence-electron chi connectivity index (χ4n) is 2.54. The van der Waals surface area contributed by atoms with Gasteiger partial charge in [0.15, 0.2) is 0 Å². The minimum Gasteiger partial charge on any atom is -0.349 e. The second-order valence-electron chi connectivity index (χ2n) is 6.63. The van der Waals surface area contributed by atoms with Gasteiger partial charge in [0, 0.05) is 24.2 Å². The predicted molar refractivity (Wildman–Crippen MR) is 96.3 cm³/mol. The highest BCUT2D eigenvalue weighted by Gasteiger charge is 2.28. The second-order valence-corrected chi connectivity index (χ2v) is 9.11. The zero-order chi connectivity index (χ0) is 18.5. The molecule has 0 heterocycles. The molecule has 0 radical (unpaired) electrons. The average molecular weight is 376 g/mol. The molecule has 0 fully saturated rings. The lowest BCUT2D eigenvalue weighted by Crippen LogP contribution is -2.54. The van der Waals surface area contributed by atoms with Gasteiger partial charge in [-0.05, 0) is 43.5 Å². The van der Waals surface area contributed by atoms with Crippen LogP contribution in [0.2, 0.25) is 5.02 Å². The first-order valence-electron chi connectivity index (χ1n) is 7.73. The van der Waals surface area contributed by atoms with E-state index in [1.165, 1.54) is 31.3 Å². The molecule has 136 valence electrons. The lowest BCUT2D eigenvalue weighted by atomic mass is 9.91. The molecule has 1 unspecified atom stereocenters. The summed E-state index contributed by atoms with van der Waals surface area (Å²) >= 11 is 5.77. The van der Waals surface area contributed by atoms with Crippen LogP contribution in [0.5, 0.6) is 0 Å². The number of rotatable bonds is 8. The van der Waals surface area contributed by atoms with E-state index >= 15 is 0 Å². The third kappa shape index (κ3) is 5.73. The van der Waals surface area contributed by atoms with E-state index < -0.39 is 15.6 Å². The van der Waals surface area contributed by atoms with Crippen LogP contribution in [0.4, 0.5) is 0 Å². The maximum atomic E-state index is 12.5. The van der Waals surface area contributed by atoms with Crippen LogP contribution in [-0.4, -0.2) is 44.3 Å². The Balaban J connectivity index is 2.80. The molecular formula is C16H26ClN3O3S. The van der Waals surface area contributed by atoms with Gasteiger partial charge < -0.3 is 11.1 Å². The zero-order valence-corrected chi connectivity index (χ0v) is 16.1. The maximum Gasteiger partial charge on any atom is 0.243 e. The Kier molecular flexibility index (Phi) is 7.22. The first kappa shape index (κ1) is 20.9. The SMILES string of the molecule is CC(C)CC(C)(CN)NC(=O)CN(C)S(=O)(=O)c1ccc(Cl)cc1. The van der Waals surface area contributed by atoms with E-state index in [1.807, 2.05) is 20.8 Å². The van der Waals surface area contributed by atoms with Crippen LogP contribution in [0.15, 0.2) is 29.2 Å². The molecule has 0 spiro atoms. The lowest BCUT2D eigenvalue weighted by Gasteiger charge is -2.32. The quantitative estimate of drug-likeness (QED) is 0.725. The van der Waals surface area contributed by atoms with Crippen LogP contribution in [0.25, 0.3) is 0 Å². The number of sulfonamides is 1. The van der Waals surface area contributed by atoms with Gasteiger partial charge >= 0.3 is 0 Å². The Morgan fingerprint density at radius 2 is 1.88 bits per heavy atom. The van der Waals surface area contributed by atoms with Gasteiger partial charge in [0.1, 0.15) is 0 Å². The number of hydrogen-bond acceptors (Lipinski definition) is 4. The van der Waals surface area contributed by atoms with Gasteiger partial charge in [0.2, 0.25) is 15.9 Å². The number of carbonyl (C=O) groups excluding carboxylic acids is 1. The minimum absolute atomic E-state index is 0.0889. The van der Waals surface area contributed by atoms with Crippen molar-refractivity contribution in [3.05, 3.63) is 29.3 Å². The average Bonchev–Trinajstić information content (AvgIpc) is 2.46. The summed E-state index contributed by atoms with van der Waals surface area (Å²) in [7, 11) is -2.39. The van der Waals surface area contributed by atoms with Crippen molar-refractivity contribution in [3.63, 3.8) is 0 Å². The third-order valence-electron chi connectivity index (χ3n) is 3.64. The van der Waals surface area contributed by atoms with Gasteiger partial charge in [-0.25, -0.2) is 8.42 Å². The number of hydrogen-bond donors (Lipinski definition) is 2. The molecule has 0 aliphatic carbocycles. The highest BCUT2D eigenvalue weighted by atomic mass is 35.5. The number of nitrogens with zero attached hydrogens (tertiary/aromatic N) is 1. The molecule has 1 aromatic carbocycles. The molecule has 0 aliphatic rings. The van der Waals surface area contributed by atoms with Crippen LogP contribution in [0.3, 0.4) is 0 Å². The number of amides is 1. The van der Waals surface area contributed by atoms with E-state index in [9.17, 15) is 13.2 Å². The molecule has 0 bridgehead atoms. The fourth-order valence-corrected chi connectivity index (χ4v) is 3.79. The topological polar surface area (TPSA) is 92.5 Å². The smallest absolute Gasteiger partial charge is 0.243 e. The molecular weight excluding hydrogens is 350 g/mol. The van der Waals surface area contributed by atoms with E-state index in [1.54, 1.807) is 0 Å². The number of halogens is 1. The lowest BCUT2D eigenvalue weighted by molar-refractivity contribution is -0.123. The summed E-state index contributed by atoms with van der Waals surface area (Å²) in [4.78, 5) is 12.3. The van der Waals surface area contributed by atoms with Crippen molar-refractivity contribution in [3.8, 4) is 0 Å². The van der Waals surface area contributed by atoms with Gasteiger partial charge in [-0.3, -0.25) is 4.79 Å². The second kappa shape index (κ2) is 8.29. The molecule has 0 saturated carbocycles. The van der Waals surface area contributed by atoms with Gasteiger partial charge in [-0.2, -0.15) is 4.31 Å². The molecule has 0 saturated heterocycles. The van der Waals surface area contributed by atoms with E-state index in [4.69, 9.17) is 17.3 Å². The largest absolute Gasteiger partial charge is 0.349 e. The molecule has 1 rings (SSSR count). The summed E-state index contributed by atoms with van der Waals surface area (Å²) in [5.74, 6) is -0.0296. The summed E-state index contributed by atoms with van der Waals surface area (Å²) in [6.07, 6.45) is 0.711. The van der Waals surface area contributed by atoms with E-state index in [0.29, 0.717) is 17.4 Å². The van der Waals surface area contributed by atoms with Crippen LogP contribution in [-0.2, 0) is 14.8 Å². The first-order valence-corrected chi connectivity index (χ1v) is 9.55. The molecule has 6 nitrogen and oxygen atoms in total. The zero-order valence-electron chi connectivity index (χ0n) is 14.5. The van der Waals surface area contributed by atoms with Gasteiger partial charge in [0.25, 0.3) is 0 Å². The normalized spacial score (nSPS) is 14.7. The summed E-state index contributed by atoms with van der Waals surface area (Å²) in [5.41, 5.74) is 5.21. The minimum atomic E-state index is -3.75. The van der Waals surface area contributed by atoms with Crippen molar-refractivity contribution >= 4 is 27.5 Å². The summed E-state index contributed by atoms with van der Waals surface area (Å²) in [5, 5.41) is 3.29. The Bertz CT molecular complexity index is 662. The fraction of sp³-hybridized carbons (Fsp3) is 0.562. The summed E-state index contributed by atoms with van der Waals surface area (Å²) in [6.45, 7) is 5.94. The van der Waals surface area contributed by atoms with E-state index in [-0.39, 0.29) is 23.9 Å². The van der Waals surface area contributed by atoms with Gasteiger partial charge in [0.05, 0.1) is 11.4 Å². The monoisotopic (exact) mass is 375 g/mol. The van der Waals surface area contributed by atoms with Crippen molar-refractivity contribution in [1.29, 1.82) is 0 Å². The Hall–Kier alpha value is -1.15. The predicted octanol–water partition coefficient (Wildman–Crippen LogP) is 1.84. The highest BCUT2D eigenvalue weighted by molar-refractivity contribution is 7.89.